The first-order valence-electron chi connectivity index (χ1n) is 13.1. The van der Waals surface area contributed by atoms with Crippen molar-refractivity contribution in [3.8, 4) is 16.9 Å². The van der Waals surface area contributed by atoms with Gasteiger partial charge >= 0.3 is 6.03 Å². The van der Waals surface area contributed by atoms with E-state index in [-0.39, 0.29) is 6.03 Å². The van der Waals surface area contributed by atoms with Gasteiger partial charge in [-0.3, -0.25) is 0 Å². The predicted molar refractivity (Wildman–Crippen MR) is 144 cm³/mol. The van der Waals surface area contributed by atoms with Crippen LogP contribution in [0.3, 0.4) is 0 Å². The highest BCUT2D eigenvalue weighted by Crippen LogP contribution is 2.43. The molecule has 8 nitrogen and oxygen atoms in total. The van der Waals surface area contributed by atoms with Crippen molar-refractivity contribution in [1.29, 1.82) is 0 Å². The minimum absolute atomic E-state index is 0.0736. The molecule has 2 fully saturated rings. The number of benzene rings is 2. The number of nitrogen functional groups attached to an aromatic ring is 1. The van der Waals surface area contributed by atoms with E-state index in [0.29, 0.717) is 24.4 Å². The maximum atomic E-state index is 12.3. The Kier molecular flexibility index (Phi) is 6.39. The van der Waals surface area contributed by atoms with Crippen molar-refractivity contribution in [2.24, 2.45) is 5.92 Å². The van der Waals surface area contributed by atoms with Crippen LogP contribution in [0.2, 0.25) is 0 Å². The van der Waals surface area contributed by atoms with Gasteiger partial charge < -0.3 is 25.3 Å². The van der Waals surface area contributed by atoms with Crippen LogP contribution in [0.1, 0.15) is 37.3 Å². The van der Waals surface area contributed by atoms with Crippen LogP contribution in [0.25, 0.3) is 22.2 Å². The van der Waals surface area contributed by atoms with E-state index in [2.05, 4.69) is 44.2 Å². The van der Waals surface area contributed by atoms with Gasteiger partial charge in [-0.2, -0.15) is 0 Å². The zero-order chi connectivity index (χ0) is 25.2. The second kappa shape index (κ2) is 10.1. The summed E-state index contributed by atoms with van der Waals surface area (Å²) in [5, 5.41) is 3.99. The largest absolute Gasteiger partial charge is 0.489 e. The number of anilines is 1. The summed E-state index contributed by atoms with van der Waals surface area (Å²) >= 11 is 0. The molecule has 37 heavy (non-hydrogen) atoms. The predicted octanol–water partition coefficient (Wildman–Crippen LogP) is 5.02. The Bertz CT molecular complexity index is 1390. The number of rotatable bonds is 7. The van der Waals surface area contributed by atoms with Crippen molar-refractivity contribution < 1.29 is 9.53 Å². The minimum Gasteiger partial charge on any atom is -0.489 e. The standard InChI is InChI=1S/C29H32N6O2/c30-27-26-25(22-9-6-10-24(15-22)37-18-20-7-2-1-3-8-20)17-35(28(26)33-19-32-27)23-13-21(14-23)16-31-29(36)34-11-4-5-12-34/h1-3,6-10,15,17,19,21,23H,4-5,11-14,16,18H2,(H,31,36)(H2,30,32,33). The minimum atomic E-state index is 0.0736. The monoisotopic (exact) mass is 496 g/mol. The van der Waals surface area contributed by atoms with Crippen molar-refractivity contribution in [2.75, 3.05) is 25.4 Å². The maximum absolute atomic E-state index is 12.3. The molecule has 3 N–H and O–H groups in total. The lowest BCUT2D eigenvalue weighted by Crippen LogP contribution is -2.42. The number of nitrogens with two attached hydrogens (primary N) is 1. The summed E-state index contributed by atoms with van der Waals surface area (Å²) in [6.07, 6.45) is 7.88. The first-order valence-corrected chi connectivity index (χ1v) is 13.1. The molecular formula is C29H32N6O2. The first-order chi connectivity index (χ1) is 18.2. The number of fused-ring (bicyclic) bond motifs is 1. The average Bonchev–Trinajstić information content (AvgIpc) is 3.57. The number of ether oxygens (including phenoxy) is 1. The topological polar surface area (TPSA) is 98.3 Å². The number of amides is 2. The molecule has 0 unspecified atom stereocenters. The van der Waals surface area contributed by atoms with E-state index >= 15 is 0 Å². The zero-order valence-corrected chi connectivity index (χ0v) is 20.8. The van der Waals surface area contributed by atoms with Crippen LogP contribution in [-0.4, -0.2) is 45.1 Å². The fourth-order valence-electron chi connectivity index (χ4n) is 5.46. The highest BCUT2D eigenvalue weighted by Gasteiger charge is 2.33. The Labute approximate surface area is 216 Å². The number of likely N-dealkylation sites (tertiary alicyclic amines) is 1. The lowest BCUT2D eigenvalue weighted by Gasteiger charge is -2.37. The van der Waals surface area contributed by atoms with Gasteiger partial charge in [0.1, 0.15) is 30.1 Å². The van der Waals surface area contributed by atoms with Gasteiger partial charge in [0.15, 0.2) is 0 Å². The van der Waals surface area contributed by atoms with Crippen LogP contribution in [0, 0.1) is 5.92 Å². The van der Waals surface area contributed by atoms with Crippen LogP contribution < -0.4 is 15.8 Å². The number of hydrogen-bond acceptors (Lipinski definition) is 5. The van der Waals surface area contributed by atoms with Crippen molar-refractivity contribution in [2.45, 2.75) is 38.3 Å². The number of nitrogens with one attached hydrogen (secondary N) is 1. The average molecular weight is 497 g/mol. The Balaban J connectivity index is 1.18. The van der Waals surface area contributed by atoms with Crippen LogP contribution in [0.15, 0.2) is 67.1 Å². The van der Waals surface area contributed by atoms with Crippen LogP contribution in [0.5, 0.6) is 5.75 Å². The van der Waals surface area contributed by atoms with Gasteiger partial charge in [-0.1, -0.05) is 42.5 Å². The van der Waals surface area contributed by atoms with Crippen LogP contribution >= 0.6 is 0 Å². The lowest BCUT2D eigenvalue weighted by atomic mass is 9.80. The molecule has 1 saturated carbocycles. The Morgan fingerprint density at radius 3 is 2.68 bits per heavy atom. The highest BCUT2D eigenvalue weighted by atomic mass is 16.5. The molecule has 2 aromatic heterocycles. The Morgan fingerprint density at radius 2 is 1.86 bits per heavy atom. The summed E-state index contributed by atoms with van der Waals surface area (Å²) in [6.45, 7) is 2.97. The second-order valence-electron chi connectivity index (χ2n) is 10.1. The molecule has 4 aromatic rings. The van der Waals surface area contributed by atoms with Crippen molar-refractivity contribution in [3.63, 3.8) is 0 Å². The molecule has 6 rings (SSSR count). The van der Waals surface area contributed by atoms with Crippen molar-refractivity contribution in [1.82, 2.24) is 24.8 Å². The van der Waals surface area contributed by atoms with Gasteiger partial charge in [-0.15, -0.1) is 0 Å². The Hall–Kier alpha value is -4.07. The van der Waals surface area contributed by atoms with Crippen molar-refractivity contribution >= 4 is 22.9 Å². The third-order valence-electron chi connectivity index (χ3n) is 7.57. The van der Waals surface area contributed by atoms with Gasteiger partial charge in [0.25, 0.3) is 0 Å². The van der Waals surface area contributed by atoms with E-state index in [1.807, 2.05) is 41.3 Å². The summed E-state index contributed by atoms with van der Waals surface area (Å²) < 4.78 is 8.31. The van der Waals surface area contributed by atoms with Gasteiger partial charge in [0.05, 0.1) is 5.39 Å². The molecule has 2 aliphatic rings. The molecule has 2 amide bonds. The van der Waals surface area contributed by atoms with E-state index < -0.39 is 0 Å². The second-order valence-corrected chi connectivity index (χ2v) is 10.1. The van der Waals surface area contributed by atoms with Gasteiger partial charge in [-0.25, -0.2) is 14.8 Å². The number of urea groups is 1. The molecule has 8 heteroatoms. The third-order valence-corrected chi connectivity index (χ3v) is 7.57. The summed E-state index contributed by atoms with van der Waals surface area (Å²) in [7, 11) is 0. The number of hydrogen-bond donors (Lipinski definition) is 2. The molecule has 3 heterocycles. The Morgan fingerprint density at radius 1 is 1.05 bits per heavy atom. The van der Waals surface area contributed by atoms with E-state index in [1.54, 1.807) is 0 Å². The van der Waals surface area contributed by atoms with Crippen LogP contribution in [0.4, 0.5) is 10.6 Å². The van der Waals surface area contributed by atoms with E-state index in [1.165, 1.54) is 6.33 Å². The first kappa shape index (κ1) is 23.3. The maximum Gasteiger partial charge on any atom is 0.317 e. The third kappa shape index (κ3) is 4.83. The van der Waals surface area contributed by atoms with E-state index in [0.717, 1.165) is 78.8 Å². The number of nitrogens with zero attached hydrogens (tertiary/aromatic N) is 4. The molecule has 190 valence electrons. The number of aromatic nitrogens is 3. The van der Waals surface area contributed by atoms with Crippen LogP contribution in [-0.2, 0) is 6.61 Å². The fourth-order valence-corrected chi connectivity index (χ4v) is 5.46. The van der Waals surface area contributed by atoms with Gasteiger partial charge in [0, 0.05) is 37.4 Å². The molecule has 0 atom stereocenters. The summed E-state index contributed by atoms with van der Waals surface area (Å²) in [5.41, 5.74) is 10.4. The molecule has 1 aliphatic carbocycles. The molecular weight excluding hydrogens is 464 g/mol. The van der Waals surface area contributed by atoms with E-state index in [4.69, 9.17) is 10.5 Å². The molecule has 2 aromatic carbocycles. The highest BCUT2D eigenvalue weighted by molar-refractivity contribution is 6.00. The summed E-state index contributed by atoms with van der Waals surface area (Å²) in [5.74, 6) is 1.74. The smallest absolute Gasteiger partial charge is 0.317 e. The normalized spacial score (nSPS) is 19.1. The molecule has 0 spiro atoms. The molecule has 0 radical (unpaired) electrons. The molecule has 1 aliphatic heterocycles. The SMILES string of the molecule is Nc1ncnc2c1c(-c1cccc(OCc3ccccc3)c1)cn2C1CC(CNC(=O)N2CCCC2)C1. The fraction of sp³-hybridized carbons (Fsp3) is 0.345. The number of carbonyl (C=O) groups excluding carboxylic acids is 1. The summed E-state index contributed by atoms with van der Waals surface area (Å²) in [4.78, 5) is 23.1. The van der Waals surface area contributed by atoms with E-state index in [9.17, 15) is 4.79 Å². The van der Waals surface area contributed by atoms with Crippen molar-refractivity contribution in [3.05, 3.63) is 72.7 Å². The lowest BCUT2D eigenvalue weighted by molar-refractivity contribution is 0.180. The zero-order valence-electron chi connectivity index (χ0n) is 20.8. The number of carbonyl (C=O) groups is 1. The molecule has 0 bridgehead atoms. The quantitative estimate of drug-likeness (QED) is 0.375. The molecule has 1 saturated heterocycles. The van der Waals surface area contributed by atoms with Gasteiger partial charge in [-0.05, 0) is 54.9 Å². The van der Waals surface area contributed by atoms with Gasteiger partial charge in [0.2, 0.25) is 0 Å². The summed E-state index contributed by atoms with van der Waals surface area (Å²) in [6, 6.07) is 18.6.